The molecule has 0 aliphatic heterocycles. The summed E-state index contributed by atoms with van der Waals surface area (Å²) >= 11 is 0. The Morgan fingerprint density at radius 2 is 1.31 bits per heavy atom. The molecule has 0 N–H and O–H groups in total. The summed E-state index contributed by atoms with van der Waals surface area (Å²) in [6.45, 7) is 0.460. The molecular weight excluding hydrogens is 396 g/mol. The molecule has 4 aromatic carbocycles. The predicted molar refractivity (Wildman–Crippen MR) is 130 cm³/mol. The first-order chi connectivity index (χ1) is 15.8. The molecule has 0 saturated carbocycles. The smallest absolute Gasteiger partial charge is 0.162 e. The third-order valence-electron chi connectivity index (χ3n) is 4.88. The van der Waals surface area contributed by atoms with Crippen molar-refractivity contribution in [3.63, 3.8) is 0 Å². The quantitative estimate of drug-likeness (QED) is 0.254. The fourth-order valence-electron chi connectivity index (χ4n) is 3.25. The van der Waals surface area contributed by atoms with Gasteiger partial charge in [-0.2, -0.15) is 5.10 Å². The SMILES string of the molecule is COc1ccc(/C=N\N=C(c2ccccc2)c2ccccc2)cc1OCc1ccccc1. The number of nitrogens with zero attached hydrogens (tertiary/aromatic N) is 2. The molecule has 0 spiro atoms. The number of benzene rings is 4. The highest BCUT2D eigenvalue weighted by molar-refractivity contribution is 6.12. The van der Waals surface area contributed by atoms with Crippen molar-refractivity contribution in [3.05, 3.63) is 131 Å². The minimum Gasteiger partial charge on any atom is -0.493 e. The molecule has 158 valence electrons. The van der Waals surface area contributed by atoms with Gasteiger partial charge in [-0.05, 0) is 29.3 Å². The van der Waals surface area contributed by atoms with Crippen LogP contribution in [0.3, 0.4) is 0 Å². The number of rotatable bonds is 8. The normalized spacial score (nSPS) is 10.7. The largest absolute Gasteiger partial charge is 0.493 e. The summed E-state index contributed by atoms with van der Waals surface area (Å²) in [5, 5.41) is 8.92. The van der Waals surface area contributed by atoms with Crippen LogP contribution in [-0.2, 0) is 6.61 Å². The van der Waals surface area contributed by atoms with E-state index in [1.165, 1.54) is 0 Å². The van der Waals surface area contributed by atoms with Gasteiger partial charge < -0.3 is 9.47 Å². The van der Waals surface area contributed by atoms with Gasteiger partial charge in [-0.25, -0.2) is 0 Å². The van der Waals surface area contributed by atoms with E-state index < -0.39 is 0 Å². The van der Waals surface area contributed by atoms with Crippen molar-refractivity contribution < 1.29 is 9.47 Å². The number of methoxy groups -OCH3 is 1. The van der Waals surface area contributed by atoms with E-state index in [-0.39, 0.29) is 0 Å². The molecule has 0 saturated heterocycles. The van der Waals surface area contributed by atoms with Crippen molar-refractivity contribution >= 4 is 11.9 Å². The molecule has 0 radical (unpaired) electrons. The predicted octanol–water partition coefficient (Wildman–Crippen LogP) is 6.15. The van der Waals surface area contributed by atoms with Gasteiger partial charge in [0.1, 0.15) is 12.3 Å². The standard InChI is InChI=1S/C28H24N2O2/c1-31-26-18-17-23(19-27(26)32-21-22-11-5-2-6-12-22)20-29-30-28(24-13-7-3-8-14-24)25-15-9-4-10-16-25/h2-20H,21H2,1H3/b29-20-. The van der Waals surface area contributed by atoms with Crippen LogP contribution >= 0.6 is 0 Å². The Hall–Kier alpha value is -4.18. The highest BCUT2D eigenvalue weighted by atomic mass is 16.5. The van der Waals surface area contributed by atoms with Gasteiger partial charge in [0.05, 0.1) is 13.3 Å². The van der Waals surface area contributed by atoms with E-state index in [9.17, 15) is 0 Å². The summed E-state index contributed by atoms with van der Waals surface area (Å²) in [5.41, 5.74) is 4.80. The highest BCUT2D eigenvalue weighted by Gasteiger charge is 2.07. The minimum absolute atomic E-state index is 0.460. The van der Waals surface area contributed by atoms with Crippen LogP contribution in [0.4, 0.5) is 0 Å². The van der Waals surface area contributed by atoms with Crippen molar-refractivity contribution in [1.29, 1.82) is 0 Å². The zero-order valence-electron chi connectivity index (χ0n) is 17.9. The summed E-state index contributed by atoms with van der Waals surface area (Å²) in [4.78, 5) is 0. The summed E-state index contributed by atoms with van der Waals surface area (Å²) in [5.74, 6) is 1.34. The van der Waals surface area contributed by atoms with Crippen LogP contribution < -0.4 is 9.47 Å². The topological polar surface area (TPSA) is 43.2 Å². The van der Waals surface area contributed by atoms with Crippen LogP contribution in [0.2, 0.25) is 0 Å². The second-order valence-corrected chi connectivity index (χ2v) is 7.11. The summed E-state index contributed by atoms with van der Waals surface area (Å²) < 4.78 is 11.4. The molecule has 0 bridgehead atoms. The molecule has 4 aromatic rings. The summed E-state index contributed by atoms with van der Waals surface area (Å²) in [6.07, 6.45) is 1.72. The molecule has 32 heavy (non-hydrogen) atoms. The second kappa shape index (κ2) is 10.7. The third-order valence-corrected chi connectivity index (χ3v) is 4.88. The van der Waals surface area contributed by atoms with Gasteiger partial charge >= 0.3 is 0 Å². The average Bonchev–Trinajstić information content (AvgIpc) is 2.87. The first-order valence-electron chi connectivity index (χ1n) is 10.4. The maximum atomic E-state index is 6.00. The Kier molecular flexibility index (Phi) is 7.06. The van der Waals surface area contributed by atoms with E-state index in [2.05, 4.69) is 10.2 Å². The zero-order chi connectivity index (χ0) is 22.0. The molecule has 4 rings (SSSR count). The summed E-state index contributed by atoms with van der Waals surface area (Å²) in [6, 6.07) is 35.8. The maximum Gasteiger partial charge on any atom is 0.162 e. The van der Waals surface area contributed by atoms with E-state index >= 15 is 0 Å². The number of ether oxygens (including phenoxy) is 2. The van der Waals surface area contributed by atoms with Gasteiger partial charge in [0, 0.05) is 11.1 Å². The molecule has 0 amide bonds. The molecule has 0 heterocycles. The van der Waals surface area contributed by atoms with Crippen LogP contribution in [0.15, 0.2) is 119 Å². The average molecular weight is 421 g/mol. The molecular formula is C28H24N2O2. The van der Waals surface area contributed by atoms with Crippen molar-refractivity contribution in [2.45, 2.75) is 6.61 Å². The zero-order valence-corrected chi connectivity index (χ0v) is 17.9. The van der Waals surface area contributed by atoms with Gasteiger partial charge in [0.15, 0.2) is 11.5 Å². The molecule has 4 heteroatoms. The Labute approximate surface area is 188 Å². The fraction of sp³-hybridized carbons (Fsp3) is 0.0714. The molecule has 0 atom stereocenters. The lowest BCUT2D eigenvalue weighted by Crippen LogP contribution is -2.02. The van der Waals surface area contributed by atoms with Crippen LogP contribution in [0.25, 0.3) is 0 Å². The second-order valence-electron chi connectivity index (χ2n) is 7.11. The van der Waals surface area contributed by atoms with E-state index in [1.54, 1.807) is 13.3 Å². The van der Waals surface area contributed by atoms with Crippen molar-refractivity contribution in [2.24, 2.45) is 10.2 Å². The number of hydrogen-bond acceptors (Lipinski definition) is 4. The molecule has 4 nitrogen and oxygen atoms in total. The first-order valence-corrected chi connectivity index (χ1v) is 10.4. The number of hydrogen-bond donors (Lipinski definition) is 0. The molecule has 0 aromatic heterocycles. The Bertz CT molecular complexity index is 1150. The van der Waals surface area contributed by atoms with Gasteiger partial charge in [0.2, 0.25) is 0 Å². The van der Waals surface area contributed by atoms with E-state index in [4.69, 9.17) is 9.47 Å². The Morgan fingerprint density at radius 1 is 0.719 bits per heavy atom. The van der Waals surface area contributed by atoms with Crippen LogP contribution in [0.5, 0.6) is 11.5 Å². The van der Waals surface area contributed by atoms with Crippen molar-refractivity contribution in [3.8, 4) is 11.5 Å². The third kappa shape index (κ3) is 5.49. The van der Waals surface area contributed by atoms with Crippen LogP contribution in [0.1, 0.15) is 22.3 Å². The minimum atomic E-state index is 0.460. The van der Waals surface area contributed by atoms with Gasteiger partial charge in [-0.1, -0.05) is 91.0 Å². The maximum absolute atomic E-state index is 6.00. The monoisotopic (exact) mass is 420 g/mol. The lowest BCUT2D eigenvalue weighted by Gasteiger charge is -2.11. The van der Waals surface area contributed by atoms with E-state index in [1.807, 2.05) is 109 Å². The van der Waals surface area contributed by atoms with Gasteiger partial charge in [0.25, 0.3) is 0 Å². The van der Waals surface area contributed by atoms with Gasteiger partial charge in [-0.3, -0.25) is 0 Å². The van der Waals surface area contributed by atoms with Crippen molar-refractivity contribution in [1.82, 2.24) is 0 Å². The van der Waals surface area contributed by atoms with E-state index in [0.717, 1.165) is 28.0 Å². The summed E-state index contributed by atoms with van der Waals surface area (Å²) in [7, 11) is 1.63. The highest BCUT2D eigenvalue weighted by Crippen LogP contribution is 2.28. The van der Waals surface area contributed by atoms with Crippen LogP contribution in [0, 0.1) is 0 Å². The van der Waals surface area contributed by atoms with Crippen LogP contribution in [-0.4, -0.2) is 19.0 Å². The molecule has 0 aliphatic carbocycles. The fourth-order valence-corrected chi connectivity index (χ4v) is 3.25. The Morgan fingerprint density at radius 3 is 1.91 bits per heavy atom. The van der Waals surface area contributed by atoms with E-state index in [0.29, 0.717) is 18.1 Å². The van der Waals surface area contributed by atoms with Crippen molar-refractivity contribution in [2.75, 3.05) is 7.11 Å². The molecule has 0 aliphatic rings. The first kappa shape index (κ1) is 21.1. The lowest BCUT2D eigenvalue weighted by molar-refractivity contribution is 0.284. The molecule has 0 fully saturated rings. The Balaban J connectivity index is 1.58. The molecule has 0 unspecified atom stereocenters. The van der Waals surface area contributed by atoms with Gasteiger partial charge in [-0.15, -0.1) is 5.10 Å². The lowest BCUT2D eigenvalue weighted by atomic mass is 10.0.